The maximum atomic E-state index is 12.6. The summed E-state index contributed by atoms with van der Waals surface area (Å²) >= 11 is 0. The second kappa shape index (κ2) is 12.4. The fourth-order valence-electron chi connectivity index (χ4n) is 9.68. The van der Waals surface area contributed by atoms with E-state index in [0.29, 0.717) is 11.8 Å². The first-order valence-corrected chi connectivity index (χ1v) is 16.4. The first kappa shape index (κ1) is 34.4. The van der Waals surface area contributed by atoms with E-state index in [2.05, 4.69) is 47.3 Å². The maximum absolute atomic E-state index is 12.6. The molecule has 4 rings (SSSR count). The molecule has 0 unspecified atom stereocenters. The zero-order chi connectivity index (χ0) is 32.9. The van der Waals surface area contributed by atoms with Crippen molar-refractivity contribution < 1.29 is 39.2 Å². The largest absolute Gasteiger partial charge is 0.481 e. The monoisotopic (exact) mass is 614 g/mol. The third-order valence-corrected chi connectivity index (χ3v) is 12.0. The molecule has 9 atom stereocenters. The van der Waals surface area contributed by atoms with Gasteiger partial charge in [0.05, 0.1) is 18.9 Å². The van der Waals surface area contributed by atoms with Crippen molar-refractivity contribution in [2.24, 2.45) is 39.9 Å². The summed E-state index contributed by atoms with van der Waals surface area (Å²) in [5, 5.41) is 32.8. The molecule has 0 heterocycles. The van der Waals surface area contributed by atoms with Gasteiger partial charge in [-0.1, -0.05) is 66.7 Å². The van der Waals surface area contributed by atoms with Crippen LogP contribution in [0.2, 0.25) is 0 Å². The number of carboxylic acids is 1. The van der Waals surface area contributed by atoms with Crippen LogP contribution in [0.4, 0.5) is 0 Å². The summed E-state index contributed by atoms with van der Waals surface area (Å²) in [4.78, 5) is 36.1. The van der Waals surface area contributed by atoms with Crippen LogP contribution >= 0.6 is 0 Å². The van der Waals surface area contributed by atoms with Gasteiger partial charge in [-0.3, -0.25) is 14.4 Å². The lowest BCUT2D eigenvalue weighted by Gasteiger charge is -2.62. The number of carboxylic acid groups (broad SMARTS) is 1. The lowest BCUT2D eigenvalue weighted by atomic mass is 9.45. The van der Waals surface area contributed by atoms with Crippen molar-refractivity contribution in [2.75, 3.05) is 0 Å². The summed E-state index contributed by atoms with van der Waals surface area (Å²) < 4.78 is 11.8. The van der Waals surface area contributed by atoms with E-state index in [1.807, 2.05) is 13.8 Å². The number of aliphatic hydroxyl groups excluding tert-OH is 2. The Morgan fingerprint density at radius 1 is 1.02 bits per heavy atom. The van der Waals surface area contributed by atoms with Crippen LogP contribution in [0.1, 0.15) is 107 Å². The Balaban J connectivity index is 1.71. The number of rotatable bonds is 10. The standard InChI is InChI=1S/C36H54O8/c1-19(2)20(3)10-11-21(4)24-13-14-25-23-12-15-27-34(6,7)32(44-29(41)17-16-28(39)40)26(38)18-35(27,8)30(23)31(42)33(36(24,25)9)43-22(5)37/h14,19,21,24,26-27,31-33,38,42H,3,10-13,15-18H2,1-2,4-9H3,(H,39,40)/t21-,24-,26-,27+,31-,32+,33+,35+,36-/m1/s1. The second-order valence-corrected chi connectivity index (χ2v) is 15.3. The van der Waals surface area contributed by atoms with Crippen LogP contribution in [-0.4, -0.2) is 57.6 Å². The number of allylic oxidation sites excluding steroid dienone is 3. The van der Waals surface area contributed by atoms with E-state index in [0.717, 1.165) is 48.8 Å². The summed E-state index contributed by atoms with van der Waals surface area (Å²) in [6.07, 6.45) is 2.60. The van der Waals surface area contributed by atoms with E-state index in [1.54, 1.807) is 0 Å². The fourth-order valence-corrected chi connectivity index (χ4v) is 9.68. The molecule has 0 aromatic rings. The number of ether oxygens (including phenoxy) is 2. The van der Waals surface area contributed by atoms with Crippen molar-refractivity contribution in [3.8, 4) is 0 Å². The molecule has 8 heteroatoms. The fraction of sp³-hybridized carbons (Fsp3) is 0.750. The number of carbonyl (C=O) groups excluding carboxylic acids is 2. The van der Waals surface area contributed by atoms with Gasteiger partial charge >= 0.3 is 17.9 Å². The predicted octanol–water partition coefficient (Wildman–Crippen LogP) is 6.15. The summed E-state index contributed by atoms with van der Waals surface area (Å²) in [6.45, 7) is 20.5. The average molecular weight is 615 g/mol. The third-order valence-electron chi connectivity index (χ3n) is 12.0. The van der Waals surface area contributed by atoms with Crippen LogP contribution < -0.4 is 0 Å². The zero-order valence-corrected chi connectivity index (χ0v) is 27.9. The molecule has 0 saturated heterocycles. The molecule has 0 aromatic carbocycles. The van der Waals surface area contributed by atoms with Gasteiger partial charge in [0.2, 0.25) is 0 Å². The lowest BCUT2D eigenvalue weighted by molar-refractivity contribution is -0.198. The number of aliphatic hydroxyl groups is 2. The quantitative estimate of drug-likeness (QED) is 0.197. The Labute approximate surface area is 263 Å². The first-order valence-electron chi connectivity index (χ1n) is 16.4. The van der Waals surface area contributed by atoms with E-state index >= 15 is 0 Å². The van der Waals surface area contributed by atoms with Crippen molar-refractivity contribution in [3.05, 3.63) is 34.9 Å². The summed E-state index contributed by atoms with van der Waals surface area (Å²) in [5.41, 5.74) is 2.50. The second-order valence-electron chi connectivity index (χ2n) is 15.3. The molecular weight excluding hydrogens is 560 g/mol. The minimum Gasteiger partial charge on any atom is -0.481 e. The van der Waals surface area contributed by atoms with E-state index in [1.165, 1.54) is 12.5 Å². The van der Waals surface area contributed by atoms with Crippen LogP contribution in [0, 0.1) is 39.9 Å². The molecule has 1 fully saturated rings. The number of hydrogen-bond donors (Lipinski definition) is 3. The molecule has 0 bridgehead atoms. The molecule has 3 N–H and O–H groups in total. The molecule has 0 aromatic heterocycles. The van der Waals surface area contributed by atoms with Crippen molar-refractivity contribution in [1.82, 2.24) is 0 Å². The number of esters is 2. The van der Waals surface area contributed by atoms with Gasteiger partial charge < -0.3 is 24.8 Å². The number of fused-ring (bicyclic) bond motifs is 4. The molecule has 0 spiro atoms. The van der Waals surface area contributed by atoms with Crippen LogP contribution in [-0.2, 0) is 23.9 Å². The van der Waals surface area contributed by atoms with Gasteiger partial charge in [0.25, 0.3) is 0 Å². The highest BCUT2D eigenvalue weighted by Gasteiger charge is 2.65. The summed E-state index contributed by atoms with van der Waals surface area (Å²) in [6, 6.07) is 0. The van der Waals surface area contributed by atoms with Crippen LogP contribution in [0.15, 0.2) is 34.9 Å². The molecular formula is C36H54O8. The van der Waals surface area contributed by atoms with Gasteiger partial charge in [-0.05, 0) is 84.3 Å². The molecule has 1 saturated carbocycles. The molecule has 0 amide bonds. The van der Waals surface area contributed by atoms with E-state index < -0.39 is 58.6 Å². The maximum Gasteiger partial charge on any atom is 0.306 e. The van der Waals surface area contributed by atoms with E-state index in [-0.39, 0.29) is 31.1 Å². The average Bonchev–Trinajstić information content (AvgIpc) is 3.27. The molecule has 246 valence electrons. The highest BCUT2D eigenvalue weighted by Crippen LogP contribution is 2.67. The van der Waals surface area contributed by atoms with Crippen molar-refractivity contribution in [1.29, 1.82) is 0 Å². The molecule has 0 radical (unpaired) electrons. The smallest absolute Gasteiger partial charge is 0.306 e. The Hall–Kier alpha value is -2.45. The topological polar surface area (TPSA) is 130 Å². The molecule has 4 aliphatic rings. The van der Waals surface area contributed by atoms with E-state index in [4.69, 9.17) is 14.6 Å². The minimum absolute atomic E-state index is 0.0508. The Morgan fingerprint density at radius 3 is 2.27 bits per heavy atom. The van der Waals surface area contributed by atoms with Gasteiger partial charge in [0, 0.05) is 17.8 Å². The Morgan fingerprint density at radius 2 is 1.68 bits per heavy atom. The molecule has 0 aliphatic heterocycles. The summed E-state index contributed by atoms with van der Waals surface area (Å²) in [5.74, 6) is -1.28. The highest BCUT2D eigenvalue weighted by molar-refractivity contribution is 5.76. The van der Waals surface area contributed by atoms with Gasteiger partial charge in [0.1, 0.15) is 18.3 Å². The van der Waals surface area contributed by atoms with E-state index in [9.17, 15) is 24.6 Å². The first-order chi connectivity index (χ1) is 20.4. The van der Waals surface area contributed by atoms with Crippen molar-refractivity contribution in [2.45, 2.75) is 131 Å². The highest BCUT2D eigenvalue weighted by atomic mass is 16.6. The third kappa shape index (κ3) is 5.81. The van der Waals surface area contributed by atoms with Crippen LogP contribution in [0.5, 0.6) is 0 Å². The zero-order valence-electron chi connectivity index (χ0n) is 27.9. The van der Waals surface area contributed by atoms with Gasteiger partial charge in [0.15, 0.2) is 0 Å². The molecule has 8 nitrogen and oxygen atoms in total. The summed E-state index contributed by atoms with van der Waals surface area (Å²) in [7, 11) is 0. The minimum atomic E-state index is -1.08. The van der Waals surface area contributed by atoms with Crippen molar-refractivity contribution in [3.63, 3.8) is 0 Å². The Kier molecular flexibility index (Phi) is 9.69. The lowest BCUT2D eigenvalue weighted by Crippen LogP contribution is -2.63. The van der Waals surface area contributed by atoms with Crippen LogP contribution in [0.3, 0.4) is 0 Å². The number of aliphatic carboxylic acids is 1. The Bertz CT molecular complexity index is 1240. The molecule has 44 heavy (non-hydrogen) atoms. The predicted molar refractivity (Wildman–Crippen MR) is 167 cm³/mol. The molecule has 4 aliphatic carbocycles. The van der Waals surface area contributed by atoms with Crippen molar-refractivity contribution >= 4 is 17.9 Å². The SMILES string of the molecule is C=C(CC[C@@H](C)[C@H]1CC=C2C3=C([C@@H](O)[C@H](OC(C)=O)[C@@]21C)[C@@]1(C)C[C@@H](O)[C@H](OC(=O)CCC(=O)O)C(C)(C)[C@@H]1CC3)C(C)C. The number of carbonyl (C=O) groups is 3. The van der Waals surface area contributed by atoms with Crippen LogP contribution in [0.25, 0.3) is 0 Å². The van der Waals surface area contributed by atoms with Gasteiger partial charge in [-0.15, -0.1) is 0 Å². The van der Waals surface area contributed by atoms with Gasteiger partial charge in [-0.2, -0.15) is 0 Å². The number of hydrogen-bond acceptors (Lipinski definition) is 7. The normalized spacial score (nSPS) is 36.5. The van der Waals surface area contributed by atoms with Gasteiger partial charge in [-0.25, -0.2) is 0 Å².